The molecule has 17 aromatic rings. The van der Waals surface area contributed by atoms with Crippen molar-refractivity contribution in [2.45, 2.75) is 52.4 Å². The van der Waals surface area contributed by atoms with Crippen molar-refractivity contribution in [2.75, 3.05) is 9.80 Å². The largest absolute Gasteiger partial charge is 0.311 e. The van der Waals surface area contributed by atoms with Crippen LogP contribution in [-0.2, 0) is 10.8 Å². The van der Waals surface area contributed by atoms with Crippen LogP contribution < -0.4 is 26.2 Å². The summed E-state index contributed by atoms with van der Waals surface area (Å²) < 4.78 is 0. The van der Waals surface area contributed by atoms with Gasteiger partial charge in [0.05, 0.1) is 0 Å². The predicted molar refractivity (Wildman–Crippen MR) is 483 cm³/mol. The number of anilines is 6. The fourth-order valence-electron chi connectivity index (χ4n) is 18.2. The Hall–Kier alpha value is -13.6. The normalized spacial score (nSPS) is 12.3. The SMILES string of the molecule is CC(C)(C)c1c(-c2ccccc2)cc(-c2c(-c3ccccc3)cc(N3c4ccc(-c5ccccc5)cc4B4c5cc(-c6ccccc6)ccc5N(c5cc(-c6ccccc6)c(-c6cc(-c7ccccc7)c(C(C)(C)C)c(-c7ccccc7)c6)c(-c6ccccc6)c5)c5cccc3c54)cc2-c2ccccc2)cc1-c1ccccc1. The average molecular weight is 1450 g/mol. The second kappa shape index (κ2) is 29.0. The summed E-state index contributed by atoms with van der Waals surface area (Å²) in [5.74, 6) is 0. The van der Waals surface area contributed by atoms with Crippen molar-refractivity contribution >= 4 is 57.2 Å². The molecule has 0 atom stereocenters. The predicted octanol–water partition coefficient (Wildman–Crippen LogP) is 28.4. The quantitative estimate of drug-likeness (QED) is 0.100. The lowest BCUT2D eigenvalue weighted by atomic mass is 9.33. The first-order chi connectivity index (χ1) is 55.4. The average Bonchev–Trinajstić information content (AvgIpc) is 0.693. The van der Waals surface area contributed by atoms with Gasteiger partial charge in [-0.05, 0) is 245 Å². The second-order valence-electron chi connectivity index (χ2n) is 32.2. The second-order valence-corrected chi connectivity index (χ2v) is 32.2. The van der Waals surface area contributed by atoms with Crippen LogP contribution in [0.2, 0.25) is 0 Å². The fraction of sp³-hybridized carbons (Fsp3) is 0.0727. The molecule has 0 amide bonds. The Kier molecular flexibility index (Phi) is 17.9. The fourth-order valence-corrected chi connectivity index (χ4v) is 18.2. The molecule has 3 heteroatoms. The molecule has 113 heavy (non-hydrogen) atoms. The molecule has 0 aromatic heterocycles. The summed E-state index contributed by atoms with van der Waals surface area (Å²) in [4.78, 5) is 5.23. The molecular weight excluding hydrogens is 1360 g/mol. The summed E-state index contributed by atoms with van der Waals surface area (Å²) in [6.45, 7) is 14.0. The summed E-state index contributed by atoms with van der Waals surface area (Å²) in [6.07, 6.45) is 0. The van der Waals surface area contributed by atoms with Crippen LogP contribution in [-0.4, -0.2) is 6.71 Å². The standard InChI is InChI=1S/C110H85BN2/c1-109(2,3)106-94(80-50-29-13-30-51-80)64-86(65-95(106)81-52-31-14-32-53-81)104-90(76-42-21-9-22-43-76)70-88(71-91(104)77-44-23-10-24-45-77)112-100-62-60-84(74-38-17-7-18-39-74)68-98(100)111-99-69-85(75-40-19-8-20-41-75)61-63-101(99)113(103-59-37-58-102(112)108(103)111)89-72-92(78-46-25-11-26-47-78)105(93(73-89)79-48-27-12-28-49-79)87-66-96(82-54-33-15-34-55-82)107(110(4,5)6)97(67-87)83-56-35-16-36-57-83/h7-73H,1-6H3. The summed E-state index contributed by atoms with van der Waals surface area (Å²) in [7, 11) is 0. The van der Waals surface area contributed by atoms with Gasteiger partial charge in [-0.2, -0.15) is 0 Å². The van der Waals surface area contributed by atoms with Gasteiger partial charge in [0.25, 0.3) is 6.71 Å². The topological polar surface area (TPSA) is 6.48 Å². The van der Waals surface area contributed by atoms with Crippen LogP contribution in [0.3, 0.4) is 0 Å². The molecule has 2 aliphatic rings. The zero-order valence-corrected chi connectivity index (χ0v) is 64.7. The molecule has 2 nitrogen and oxygen atoms in total. The van der Waals surface area contributed by atoms with Crippen molar-refractivity contribution in [3.8, 4) is 134 Å². The number of nitrogens with zero attached hydrogens (tertiary/aromatic N) is 2. The lowest BCUT2D eigenvalue weighted by molar-refractivity contribution is 0.593. The van der Waals surface area contributed by atoms with Gasteiger partial charge in [-0.25, -0.2) is 0 Å². The molecule has 538 valence electrons. The first-order valence-electron chi connectivity index (χ1n) is 39.7. The van der Waals surface area contributed by atoms with Crippen LogP contribution in [0.15, 0.2) is 406 Å². The van der Waals surface area contributed by atoms with Gasteiger partial charge < -0.3 is 9.80 Å². The van der Waals surface area contributed by atoms with Gasteiger partial charge in [0, 0.05) is 34.1 Å². The van der Waals surface area contributed by atoms with Crippen LogP contribution in [0.25, 0.3) is 134 Å². The number of hydrogen-bond acceptors (Lipinski definition) is 2. The monoisotopic (exact) mass is 1440 g/mol. The van der Waals surface area contributed by atoms with Crippen LogP contribution in [0.5, 0.6) is 0 Å². The third-order valence-corrected chi connectivity index (χ3v) is 23.0. The Morgan fingerprint density at radius 2 is 0.416 bits per heavy atom. The molecule has 17 aromatic carbocycles. The van der Waals surface area contributed by atoms with Crippen molar-refractivity contribution in [3.05, 3.63) is 418 Å². The molecule has 0 spiro atoms. The Balaban J connectivity index is 0.914. The third kappa shape index (κ3) is 12.9. The van der Waals surface area contributed by atoms with Gasteiger partial charge in [0.2, 0.25) is 0 Å². The minimum absolute atomic E-state index is 0.211. The van der Waals surface area contributed by atoms with E-state index in [9.17, 15) is 0 Å². The molecular formula is C110H85BN2. The Morgan fingerprint density at radius 1 is 0.186 bits per heavy atom. The lowest BCUT2D eigenvalue weighted by Gasteiger charge is -2.44. The van der Waals surface area contributed by atoms with E-state index in [-0.39, 0.29) is 17.5 Å². The summed E-state index contributed by atoms with van der Waals surface area (Å²) in [6, 6.07) is 152. The molecule has 0 fully saturated rings. The van der Waals surface area contributed by atoms with Crippen molar-refractivity contribution in [2.24, 2.45) is 0 Å². The zero-order chi connectivity index (χ0) is 76.3. The van der Waals surface area contributed by atoms with Crippen LogP contribution in [0, 0.1) is 0 Å². The first-order valence-corrected chi connectivity index (χ1v) is 39.7. The Labute approximate surface area is 666 Å². The minimum Gasteiger partial charge on any atom is -0.311 e. The van der Waals surface area contributed by atoms with Crippen molar-refractivity contribution in [3.63, 3.8) is 0 Å². The Morgan fingerprint density at radius 3 is 0.655 bits per heavy atom. The number of fused-ring (bicyclic) bond motifs is 4. The van der Waals surface area contributed by atoms with Crippen molar-refractivity contribution in [1.82, 2.24) is 0 Å². The van der Waals surface area contributed by atoms with E-state index in [0.29, 0.717) is 0 Å². The van der Waals surface area contributed by atoms with Gasteiger partial charge in [-0.1, -0.05) is 375 Å². The van der Waals surface area contributed by atoms with Crippen LogP contribution in [0.1, 0.15) is 52.7 Å². The van der Waals surface area contributed by atoms with Gasteiger partial charge in [0.1, 0.15) is 0 Å². The van der Waals surface area contributed by atoms with E-state index in [1.807, 2.05) is 0 Å². The van der Waals surface area contributed by atoms with E-state index < -0.39 is 0 Å². The highest BCUT2D eigenvalue weighted by atomic mass is 15.2. The van der Waals surface area contributed by atoms with E-state index in [1.165, 1.54) is 94.3 Å². The molecule has 0 saturated carbocycles. The molecule has 19 rings (SSSR count). The van der Waals surface area contributed by atoms with Gasteiger partial charge in [-0.3, -0.25) is 0 Å². The maximum absolute atomic E-state index is 2.61. The molecule has 0 saturated heterocycles. The molecule has 0 radical (unpaired) electrons. The molecule has 2 aliphatic heterocycles. The summed E-state index contributed by atoms with van der Waals surface area (Å²) in [5.41, 5.74) is 40.6. The van der Waals surface area contributed by atoms with Crippen molar-refractivity contribution < 1.29 is 0 Å². The third-order valence-electron chi connectivity index (χ3n) is 23.0. The molecule has 0 N–H and O–H groups in total. The van der Waals surface area contributed by atoms with Gasteiger partial charge >= 0.3 is 0 Å². The maximum Gasteiger partial charge on any atom is 0.252 e. The summed E-state index contributed by atoms with van der Waals surface area (Å²) in [5, 5.41) is 0. The van der Waals surface area contributed by atoms with Crippen molar-refractivity contribution in [1.29, 1.82) is 0 Å². The smallest absolute Gasteiger partial charge is 0.252 e. The van der Waals surface area contributed by atoms with E-state index in [1.54, 1.807) is 0 Å². The highest BCUT2D eigenvalue weighted by Crippen LogP contribution is 2.55. The Bertz CT molecular complexity index is 5740. The maximum atomic E-state index is 2.61. The van der Waals surface area contributed by atoms with Crippen LogP contribution >= 0.6 is 0 Å². The highest BCUT2D eigenvalue weighted by Gasteiger charge is 2.45. The number of hydrogen-bond donors (Lipinski definition) is 0. The van der Waals surface area contributed by atoms with Gasteiger partial charge in [0.15, 0.2) is 0 Å². The highest BCUT2D eigenvalue weighted by molar-refractivity contribution is 7.00. The zero-order valence-electron chi connectivity index (χ0n) is 64.7. The molecule has 0 aliphatic carbocycles. The van der Waals surface area contributed by atoms with E-state index >= 15 is 0 Å². The first kappa shape index (κ1) is 69.8. The molecule has 0 bridgehead atoms. The number of benzene rings is 17. The van der Waals surface area contributed by atoms with E-state index in [0.717, 1.165) is 101 Å². The van der Waals surface area contributed by atoms with E-state index in [4.69, 9.17) is 0 Å². The molecule has 2 heterocycles. The lowest BCUT2D eigenvalue weighted by Crippen LogP contribution is -2.61. The molecule has 0 unspecified atom stereocenters. The number of rotatable bonds is 14. The van der Waals surface area contributed by atoms with Crippen LogP contribution in [0.4, 0.5) is 34.1 Å². The summed E-state index contributed by atoms with van der Waals surface area (Å²) >= 11 is 0. The van der Waals surface area contributed by atoms with E-state index in [2.05, 4.69) is 458 Å². The minimum atomic E-state index is -0.214. The van der Waals surface area contributed by atoms with Gasteiger partial charge in [-0.15, -0.1) is 0 Å².